The molecule has 0 unspecified atom stereocenters. The maximum Gasteiger partial charge on any atom is 0.372 e. The molecule has 0 heterocycles. The lowest BCUT2D eigenvalue weighted by Gasteiger charge is -2.15. The molecular formula is C42H51Cl9Si6. The van der Waals surface area contributed by atoms with Crippen molar-refractivity contribution in [2.24, 2.45) is 0 Å². The van der Waals surface area contributed by atoms with Gasteiger partial charge in [0.2, 0.25) is 0 Å². The third kappa shape index (κ3) is 26.2. The summed E-state index contributed by atoms with van der Waals surface area (Å²) in [6, 6.07) is 57.4. The molecule has 0 bridgehead atoms. The van der Waals surface area contributed by atoms with Gasteiger partial charge >= 0.3 is 6.00 Å². The Kier molecular flexibility index (Phi) is 27.3. The summed E-state index contributed by atoms with van der Waals surface area (Å²) in [5.74, 6) is 0. The summed E-state index contributed by atoms with van der Waals surface area (Å²) in [5.41, 5.74) is 0. The first-order valence-electron chi connectivity index (χ1n) is 17.9. The molecule has 0 fully saturated rings. The van der Waals surface area contributed by atoms with Crippen LogP contribution in [-0.4, -0.2) is 44.4 Å². The monoisotopic (exact) mass is 1040 g/mol. The standard InChI is InChI=1S/C9H14Si.C8H11ClSi.C7H8Cl2Si.C6H5Cl3Si.C6H6Cl2Si.C6H7ClSi/c1-10(2,3)9-7-5-4-6-8-9;1-10(2,9)8-6-4-3-5-7-8;1-10(8,9)7-5-3-2-4-6-7;7-10(8,9)6-4-2-1-3-5-6;7-9(8)6-4-2-1-3-5-6;7-8-6-4-2-1-3-5-6/h4-8H,1-3H3;3-7H,1-2H3;2-6H,1H3;1-5H;1-5,9H;1-5H,8H2. The van der Waals surface area contributed by atoms with E-state index in [0.717, 1.165) is 15.6 Å². The van der Waals surface area contributed by atoms with Crippen molar-refractivity contribution < 1.29 is 0 Å². The van der Waals surface area contributed by atoms with Gasteiger partial charge < -0.3 is 0 Å². The van der Waals surface area contributed by atoms with E-state index in [-0.39, 0.29) is 0 Å². The second-order valence-corrected chi connectivity index (χ2v) is 47.7. The summed E-state index contributed by atoms with van der Waals surface area (Å²) < 4.78 is 0. The zero-order valence-electron chi connectivity index (χ0n) is 33.0. The lowest BCUT2D eigenvalue weighted by atomic mass is 10.4. The normalized spacial score (nSPS) is 11.2. The summed E-state index contributed by atoms with van der Waals surface area (Å²) in [6.07, 6.45) is 0. The molecule has 6 rings (SSSR count). The predicted molar refractivity (Wildman–Crippen MR) is 283 cm³/mol. The van der Waals surface area contributed by atoms with E-state index in [2.05, 4.69) is 87.3 Å². The van der Waals surface area contributed by atoms with Gasteiger partial charge in [0.25, 0.3) is 14.1 Å². The van der Waals surface area contributed by atoms with Crippen LogP contribution in [0, 0.1) is 0 Å². The predicted octanol–water partition coefficient (Wildman–Crippen LogP) is 11.8. The summed E-state index contributed by atoms with van der Waals surface area (Å²) in [6.45, 7) is 11.2. The fourth-order valence-electron chi connectivity index (χ4n) is 4.30. The molecule has 0 amide bonds. The molecular weight excluding hydrogens is 992 g/mol. The van der Waals surface area contributed by atoms with Crippen molar-refractivity contribution in [3.8, 4) is 0 Å². The van der Waals surface area contributed by atoms with E-state index in [1.165, 1.54) is 15.6 Å². The Morgan fingerprint density at radius 2 is 0.684 bits per heavy atom. The van der Waals surface area contributed by atoms with Crippen LogP contribution in [0.25, 0.3) is 0 Å². The first-order valence-corrected chi connectivity index (χ1v) is 41.9. The maximum absolute atomic E-state index is 6.20. The summed E-state index contributed by atoms with van der Waals surface area (Å²) in [4.78, 5) is 0. The van der Waals surface area contributed by atoms with Crippen LogP contribution in [0.1, 0.15) is 0 Å². The number of hydrogen-bond donors (Lipinski definition) is 0. The Balaban J connectivity index is 0.000000343. The van der Waals surface area contributed by atoms with Crippen molar-refractivity contribution in [2.75, 3.05) is 0 Å². The molecule has 0 saturated carbocycles. The van der Waals surface area contributed by atoms with Crippen LogP contribution in [0.3, 0.4) is 0 Å². The molecule has 0 nitrogen and oxygen atoms in total. The first-order chi connectivity index (χ1) is 26.7. The molecule has 15 heteroatoms. The van der Waals surface area contributed by atoms with Gasteiger partial charge in [0, 0.05) is 0 Å². The molecule has 6 aromatic carbocycles. The van der Waals surface area contributed by atoms with Gasteiger partial charge in [-0.15, -0.1) is 77.6 Å². The number of benzene rings is 6. The Morgan fingerprint density at radius 1 is 0.386 bits per heavy atom. The Labute approximate surface area is 392 Å². The van der Waals surface area contributed by atoms with E-state index in [4.69, 9.17) is 99.7 Å². The van der Waals surface area contributed by atoms with Crippen molar-refractivity contribution in [3.63, 3.8) is 0 Å². The summed E-state index contributed by atoms with van der Waals surface area (Å²) in [7, 11) is -4.62. The first kappa shape index (κ1) is 54.2. The zero-order chi connectivity index (χ0) is 43.0. The van der Waals surface area contributed by atoms with Crippen molar-refractivity contribution in [1.29, 1.82) is 0 Å². The van der Waals surface area contributed by atoms with E-state index in [1.54, 1.807) is 0 Å². The smallest absolute Gasteiger partial charge is 0.170 e. The lowest BCUT2D eigenvalue weighted by Crippen LogP contribution is -2.37. The lowest BCUT2D eigenvalue weighted by molar-refractivity contribution is 1.68. The van der Waals surface area contributed by atoms with Gasteiger partial charge in [-0.1, -0.05) is 220 Å². The van der Waals surface area contributed by atoms with E-state index in [9.17, 15) is 0 Å². The average molecular weight is 1040 g/mol. The van der Waals surface area contributed by atoms with E-state index >= 15 is 0 Å². The van der Waals surface area contributed by atoms with Gasteiger partial charge in [0.1, 0.15) is 0 Å². The van der Waals surface area contributed by atoms with Gasteiger partial charge in [0.05, 0.1) is 8.07 Å². The molecule has 0 N–H and O–H groups in total. The van der Waals surface area contributed by atoms with Crippen LogP contribution in [0.4, 0.5) is 0 Å². The Hall–Kier alpha value is -0.769. The topological polar surface area (TPSA) is 0 Å². The highest BCUT2D eigenvalue weighted by atomic mass is 35.8. The molecule has 0 aromatic heterocycles. The molecule has 0 aliphatic carbocycles. The molecule has 6 aromatic rings. The highest BCUT2D eigenvalue weighted by Crippen LogP contribution is 2.18. The Morgan fingerprint density at radius 3 is 0.860 bits per heavy atom. The van der Waals surface area contributed by atoms with E-state index in [0.29, 0.717) is 0 Å². The average Bonchev–Trinajstić information content (AvgIpc) is 3.20. The zero-order valence-corrected chi connectivity index (χ0v) is 46.4. The fourth-order valence-corrected chi connectivity index (χ4v) is 12.5. The minimum Gasteiger partial charge on any atom is -0.170 e. The highest BCUT2D eigenvalue weighted by molar-refractivity contribution is 7.69. The van der Waals surface area contributed by atoms with Crippen molar-refractivity contribution in [3.05, 3.63) is 182 Å². The largest absolute Gasteiger partial charge is 0.372 e. The number of rotatable bonds is 6. The van der Waals surface area contributed by atoms with Gasteiger partial charge in [-0.2, -0.15) is 22.2 Å². The van der Waals surface area contributed by atoms with Crippen molar-refractivity contribution >= 4 is 175 Å². The molecule has 0 spiro atoms. The minimum atomic E-state index is -2.62. The maximum atomic E-state index is 6.20. The van der Waals surface area contributed by atoms with Crippen LogP contribution < -0.4 is 31.1 Å². The highest BCUT2D eigenvalue weighted by Gasteiger charge is 2.27. The van der Waals surface area contributed by atoms with Crippen molar-refractivity contribution in [2.45, 2.75) is 39.3 Å². The van der Waals surface area contributed by atoms with Gasteiger partial charge in [-0.3, -0.25) is 0 Å². The van der Waals surface area contributed by atoms with Crippen LogP contribution in [0.5, 0.6) is 0 Å². The molecule has 306 valence electrons. The molecule has 0 saturated heterocycles. The second kappa shape index (κ2) is 28.7. The molecule has 0 aliphatic rings. The summed E-state index contributed by atoms with van der Waals surface area (Å²) >= 11 is 52.4. The van der Waals surface area contributed by atoms with Crippen LogP contribution >= 0.6 is 99.7 Å². The van der Waals surface area contributed by atoms with E-state index in [1.807, 2.05) is 134 Å². The second-order valence-electron chi connectivity index (χ2n) is 13.9. The molecule has 57 heavy (non-hydrogen) atoms. The molecule has 0 radical (unpaired) electrons. The van der Waals surface area contributed by atoms with Crippen LogP contribution in [-0.2, 0) is 0 Å². The van der Waals surface area contributed by atoms with Gasteiger partial charge in [-0.05, 0) is 32.5 Å². The third-order valence-electron chi connectivity index (χ3n) is 7.53. The Bertz CT molecular complexity index is 1660. The van der Waals surface area contributed by atoms with Crippen LogP contribution in [0.2, 0.25) is 39.3 Å². The number of hydrogen-bond acceptors (Lipinski definition) is 0. The number of halogens is 9. The van der Waals surface area contributed by atoms with Gasteiger partial charge in [-0.25, -0.2) is 0 Å². The minimum absolute atomic E-state index is 0.437. The van der Waals surface area contributed by atoms with E-state index < -0.39 is 44.4 Å². The SMILES string of the molecule is C[Si](C)(C)c1ccccc1.C[Si](C)(Cl)c1ccccc1.C[Si](Cl)(Cl)c1ccccc1.Cl[SiH2]c1ccccc1.Cl[SiH](Cl)c1ccccc1.Cl[Si](Cl)(Cl)c1ccccc1. The fraction of sp³-hybridized carbons (Fsp3) is 0.143. The van der Waals surface area contributed by atoms with Crippen LogP contribution in [0.15, 0.2) is 182 Å². The van der Waals surface area contributed by atoms with Gasteiger partial charge in [0.15, 0.2) is 16.2 Å². The van der Waals surface area contributed by atoms with Crippen molar-refractivity contribution in [1.82, 2.24) is 0 Å². The molecule has 0 aliphatic heterocycles. The third-order valence-corrected chi connectivity index (χ3v) is 21.7. The quantitative estimate of drug-likeness (QED) is 0.115. The summed E-state index contributed by atoms with van der Waals surface area (Å²) in [5, 5.41) is 7.14. The molecule has 0 atom stereocenters.